The second-order valence-corrected chi connectivity index (χ2v) is 5.82. The lowest BCUT2D eigenvalue weighted by Crippen LogP contribution is -2.46. The van der Waals surface area contributed by atoms with Crippen molar-refractivity contribution in [3.05, 3.63) is 0 Å². The van der Waals surface area contributed by atoms with Crippen molar-refractivity contribution in [2.75, 3.05) is 40.3 Å². The van der Waals surface area contributed by atoms with Gasteiger partial charge >= 0.3 is 0 Å². The molecule has 1 heterocycles. The van der Waals surface area contributed by atoms with Gasteiger partial charge < -0.3 is 15.5 Å². The summed E-state index contributed by atoms with van der Waals surface area (Å²) in [6.07, 6.45) is 2.60. The molecule has 0 spiro atoms. The van der Waals surface area contributed by atoms with Crippen LogP contribution in [0.3, 0.4) is 0 Å². The van der Waals surface area contributed by atoms with Crippen LogP contribution in [0.2, 0.25) is 0 Å². The van der Waals surface area contributed by atoms with E-state index in [0.717, 1.165) is 19.1 Å². The Morgan fingerprint density at radius 1 is 1.33 bits per heavy atom. The van der Waals surface area contributed by atoms with E-state index in [-0.39, 0.29) is 5.41 Å². The first-order chi connectivity index (χ1) is 6.94. The van der Waals surface area contributed by atoms with Crippen molar-refractivity contribution in [1.82, 2.24) is 9.80 Å². The van der Waals surface area contributed by atoms with Gasteiger partial charge in [-0.3, -0.25) is 0 Å². The van der Waals surface area contributed by atoms with Crippen molar-refractivity contribution >= 4 is 0 Å². The smallest absolute Gasteiger partial charge is 0.0117 e. The van der Waals surface area contributed by atoms with Crippen LogP contribution in [0.4, 0.5) is 0 Å². The van der Waals surface area contributed by atoms with E-state index in [1.807, 2.05) is 0 Å². The molecule has 0 aromatic rings. The number of rotatable bonds is 4. The molecule has 3 nitrogen and oxygen atoms in total. The topological polar surface area (TPSA) is 32.5 Å². The maximum atomic E-state index is 5.77. The molecule has 1 fully saturated rings. The maximum absolute atomic E-state index is 5.77. The minimum absolute atomic E-state index is 0.248. The summed E-state index contributed by atoms with van der Waals surface area (Å²) in [5.74, 6) is 0. The predicted octanol–water partition coefficient (Wildman–Crippen LogP) is 0.997. The van der Waals surface area contributed by atoms with Crippen molar-refractivity contribution < 1.29 is 0 Å². The second-order valence-electron chi connectivity index (χ2n) is 5.82. The molecule has 0 aromatic carbocycles. The fourth-order valence-electron chi connectivity index (χ4n) is 2.30. The molecule has 0 atom stereocenters. The summed E-state index contributed by atoms with van der Waals surface area (Å²) >= 11 is 0. The van der Waals surface area contributed by atoms with E-state index in [9.17, 15) is 0 Å². The number of likely N-dealkylation sites (tertiary alicyclic amines) is 1. The second kappa shape index (κ2) is 5.28. The van der Waals surface area contributed by atoms with Crippen LogP contribution in [0.5, 0.6) is 0 Å². The average Bonchev–Trinajstić information content (AvgIpc) is 2.18. The standard InChI is InChI=1S/C12H27N3/c1-12(2,9-13)10-15(4)11-5-7-14(3)8-6-11/h11H,5-10,13H2,1-4H3. The third-order valence-electron chi connectivity index (χ3n) is 3.54. The summed E-state index contributed by atoms with van der Waals surface area (Å²) in [4.78, 5) is 4.91. The van der Waals surface area contributed by atoms with Crippen molar-refractivity contribution in [2.24, 2.45) is 11.1 Å². The maximum Gasteiger partial charge on any atom is 0.0117 e. The molecular weight excluding hydrogens is 186 g/mol. The minimum Gasteiger partial charge on any atom is -0.330 e. The molecule has 0 amide bonds. The SMILES string of the molecule is CN1CCC(N(C)CC(C)(C)CN)CC1. The van der Waals surface area contributed by atoms with Gasteiger partial charge in [0.15, 0.2) is 0 Å². The number of nitrogens with two attached hydrogens (primary N) is 1. The van der Waals surface area contributed by atoms with Crippen molar-refractivity contribution in [3.63, 3.8) is 0 Å². The van der Waals surface area contributed by atoms with E-state index in [2.05, 4.69) is 37.7 Å². The monoisotopic (exact) mass is 213 g/mol. The fraction of sp³-hybridized carbons (Fsp3) is 1.00. The van der Waals surface area contributed by atoms with Gasteiger partial charge in [-0.25, -0.2) is 0 Å². The molecule has 0 saturated carbocycles. The lowest BCUT2D eigenvalue weighted by molar-refractivity contribution is 0.109. The first-order valence-corrected chi connectivity index (χ1v) is 6.03. The zero-order valence-corrected chi connectivity index (χ0v) is 10.8. The summed E-state index contributed by atoms with van der Waals surface area (Å²) in [6.45, 7) is 8.84. The van der Waals surface area contributed by atoms with Gasteiger partial charge in [0.1, 0.15) is 0 Å². The first-order valence-electron chi connectivity index (χ1n) is 6.03. The Morgan fingerprint density at radius 3 is 2.33 bits per heavy atom. The number of piperidine rings is 1. The van der Waals surface area contributed by atoms with Crippen LogP contribution in [0.1, 0.15) is 26.7 Å². The average molecular weight is 213 g/mol. The quantitative estimate of drug-likeness (QED) is 0.756. The molecule has 1 saturated heterocycles. The first kappa shape index (κ1) is 12.9. The number of hydrogen-bond acceptors (Lipinski definition) is 3. The lowest BCUT2D eigenvalue weighted by Gasteiger charge is -2.38. The highest BCUT2D eigenvalue weighted by atomic mass is 15.2. The highest BCUT2D eigenvalue weighted by Gasteiger charge is 2.25. The molecule has 15 heavy (non-hydrogen) atoms. The van der Waals surface area contributed by atoms with Gasteiger partial charge in [0.2, 0.25) is 0 Å². The fourth-order valence-corrected chi connectivity index (χ4v) is 2.30. The van der Waals surface area contributed by atoms with E-state index >= 15 is 0 Å². The summed E-state index contributed by atoms with van der Waals surface area (Å²) in [7, 11) is 4.45. The van der Waals surface area contributed by atoms with E-state index < -0.39 is 0 Å². The van der Waals surface area contributed by atoms with Gasteiger partial charge in [-0.2, -0.15) is 0 Å². The Balaban J connectivity index is 2.37. The van der Waals surface area contributed by atoms with Crippen LogP contribution < -0.4 is 5.73 Å². The summed E-state index contributed by atoms with van der Waals surface area (Å²) in [5.41, 5.74) is 6.02. The summed E-state index contributed by atoms with van der Waals surface area (Å²) < 4.78 is 0. The number of nitrogens with zero attached hydrogens (tertiary/aromatic N) is 2. The summed E-state index contributed by atoms with van der Waals surface area (Å²) in [6, 6.07) is 0.757. The largest absolute Gasteiger partial charge is 0.330 e. The van der Waals surface area contributed by atoms with Gasteiger partial charge in [-0.05, 0) is 52.0 Å². The molecule has 0 bridgehead atoms. The highest BCUT2D eigenvalue weighted by Crippen LogP contribution is 2.20. The summed E-state index contributed by atoms with van der Waals surface area (Å²) in [5, 5.41) is 0. The molecule has 90 valence electrons. The third-order valence-corrected chi connectivity index (χ3v) is 3.54. The lowest BCUT2D eigenvalue weighted by atomic mass is 9.91. The Kier molecular flexibility index (Phi) is 4.56. The molecule has 2 N–H and O–H groups in total. The van der Waals surface area contributed by atoms with E-state index in [1.54, 1.807) is 0 Å². The van der Waals surface area contributed by atoms with E-state index in [1.165, 1.54) is 25.9 Å². The molecule has 1 aliphatic rings. The van der Waals surface area contributed by atoms with Crippen molar-refractivity contribution in [1.29, 1.82) is 0 Å². The number of hydrogen-bond donors (Lipinski definition) is 1. The van der Waals surface area contributed by atoms with Gasteiger partial charge in [-0.1, -0.05) is 13.8 Å². The van der Waals surface area contributed by atoms with Crippen LogP contribution in [0.15, 0.2) is 0 Å². The van der Waals surface area contributed by atoms with Crippen LogP contribution in [-0.4, -0.2) is 56.1 Å². The molecule has 1 aliphatic heterocycles. The zero-order valence-electron chi connectivity index (χ0n) is 10.8. The van der Waals surface area contributed by atoms with Gasteiger partial charge in [0.25, 0.3) is 0 Å². The van der Waals surface area contributed by atoms with Crippen LogP contribution >= 0.6 is 0 Å². The van der Waals surface area contributed by atoms with E-state index in [4.69, 9.17) is 5.73 Å². The Hall–Kier alpha value is -0.120. The third kappa shape index (κ3) is 4.09. The molecule has 1 rings (SSSR count). The van der Waals surface area contributed by atoms with Crippen molar-refractivity contribution in [2.45, 2.75) is 32.7 Å². The predicted molar refractivity (Wildman–Crippen MR) is 66.0 cm³/mol. The zero-order chi connectivity index (χ0) is 11.5. The van der Waals surface area contributed by atoms with Crippen LogP contribution in [0, 0.1) is 5.41 Å². The van der Waals surface area contributed by atoms with Gasteiger partial charge in [0, 0.05) is 12.6 Å². The molecule has 0 unspecified atom stereocenters. The molecule has 3 heteroatoms. The Labute approximate surface area is 94.6 Å². The molecule has 0 aliphatic carbocycles. The minimum atomic E-state index is 0.248. The van der Waals surface area contributed by atoms with Crippen molar-refractivity contribution in [3.8, 4) is 0 Å². The van der Waals surface area contributed by atoms with Gasteiger partial charge in [0.05, 0.1) is 0 Å². The highest BCUT2D eigenvalue weighted by molar-refractivity contribution is 4.81. The Morgan fingerprint density at radius 2 is 1.87 bits per heavy atom. The van der Waals surface area contributed by atoms with Gasteiger partial charge in [-0.15, -0.1) is 0 Å². The van der Waals surface area contributed by atoms with Crippen LogP contribution in [0.25, 0.3) is 0 Å². The normalized spacial score (nSPS) is 21.2. The molecule has 0 aromatic heterocycles. The van der Waals surface area contributed by atoms with Crippen LogP contribution in [-0.2, 0) is 0 Å². The Bertz CT molecular complexity index is 183. The van der Waals surface area contributed by atoms with E-state index in [0.29, 0.717) is 0 Å². The molecular formula is C12H27N3. The molecule has 0 radical (unpaired) electrons.